The first-order valence-electron chi connectivity index (χ1n) is 9.16. The topological polar surface area (TPSA) is 63.1 Å². The number of rotatable bonds is 5. The maximum absolute atomic E-state index is 12.8. The van der Waals surface area contributed by atoms with Gasteiger partial charge in [-0.05, 0) is 23.8 Å². The molecule has 0 aliphatic rings. The van der Waals surface area contributed by atoms with E-state index in [1.54, 1.807) is 30.0 Å². The molecule has 4 aromatic rings. The molecule has 1 N–H and O–H groups in total. The van der Waals surface area contributed by atoms with Gasteiger partial charge in [0.2, 0.25) is 0 Å². The van der Waals surface area contributed by atoms with Gasteiger partial charge in [-0.1, -0.05) is 54.1 Å². The van der Waals surface area contributed by atoms with Crippen LogP contribution >= 0.6 is 11.6 Å². The lowest BCUT2D eigenvalue weighted by atomic mass is 10.1. The molecule has 0 fully saturated rings. The number of carbonyl (C=O) groups is 1. The number of hydrazine groups is 1. The van der Waals surface area contributed by atoms with Crippen molar-refractivity contribution in [2.45, 2.75) is 6.54 Å². The summed E-state index contributed by atoms with van der Waals surface area (Å²) in [6.07, 6.45) is 1.69. The number of halogens is 1. The lowest BCUT2D eigenvalue weighted by Crippen LogP contribution is -2.36. The average molecular weight is 406 g/mol. The van der Waals surface area contributed by atoms with Gasteiger partial charge in [0.05, 0.1) is 29.4 Å². The van der Waals surface area contributed by atoms with Gasteiger partial charge in [0.1, 0.15) is 0 Å². The Kier molecular flexibility index (Phi) is 5.29. The molecule has 7 heteroatoms. The highest BCUT2D eigenvalue weighted by molar-refractivity contribution is 6.30. The summed E-state index contributed by atoms with van der Waals surface area (Å²) in [4.78, 5) is 17.6. The Morgan fingerprint density at radius 2 is 1.83 bits per heavy atom. The van der Waals surface area contributed by atoms with Gasteiger partial charge < -0.3 is 0 Å². The molecule has 2 aromatic heterocycles. The molecule has 146 valence electrons. The highest BCUT2D eigenvalue weighted by Gasteiger charge is 2.18. The monoisotopic (exact) mass is 405 g/mol. The van der Waals surface area contributed by atoms with E-state index in [4.69, 9.17) is 16.6 Å². The van der Waals surface area contributed by atoms with E-state index in [9.17, 15) is 4.79 Å². The molecule has 0 bridgehead atoms. The van der Waals surface area contributed by atoms with Gasteiger partial charge in [-0.2, -0.15) is 5.10 Å². The largest absolute Gasteiger partial charge is 0.285 e. The van der Waals surface area contributed by atoms with E-state index in [1.165, 1.54) is 0 Å². The minimum atomic E-state index is -0.203. The molecule has 0 atom stereocenters. The molecule has 0 saturated carbocycles. The molecule has 0 saturated heterocycles. The van der Waals surface area contributed by atoms with E-state index >= 15 is 0 Å². The third-order valence-corrected chi connectivity index (χ3v) is 4.75. The Labute approximate surface area is 173 Å². The zero-order valence-electron chi connectivity index (χ0n) is 16.1. The van der Waals surface area contributed by atoms with Crippen molar-refractivity contribution in [2.75, 3.05) is 14.1 Å². The number of hydrogen-bond acceptors (Lipinski definition) is 4. The fourth-order valence-corrected chi connectivity index (χ4v) is 3.26. The molecular weight excluding hydrogens is 386 g/mol. The van der Waals surface area contributed by atoms with Crippen LogP contribution in [0.5, 0.6) is 0 Å². The van der Waals surface area contributed by atoms with Crippen LogP contribution < -0.4 is 5.43 Å². The Balaban J connectivity index is 1.84. The van der Waals surface area contributed by atoms with Crippen LogP contribution in [0.25, 0.3) is 22.3 Å². The van der Waals surface area contributed by atoms with Gasteiger partial charge in [0.15, 0.2) is 5.65 Å². The summed E-state index contributed by atoms with van der Waals surface area (Å²) in [5.41, 5.74) is 6.71. The summed E-state index contributed by atoms with van der Waals surface area (Å²) < 4.78 is 1.80. The molecule has 0 aliphatic carbocycles. The first-order valence-corrected chi connectivity index (χ1v) is 9.54. The first kappa shape index (κ1) is 19.1. The fourth-order valence-electron chi connectivity index (χ4n) is 3.13. The molecule has 0 unspecified atom stereocenters. The Bertz CT molecular complexity index is 1150. The van der Waals surface area contributed by atoms with Gasteiger partial charge in [-0.3, -0.25) is 10.2 Å². The second-order valence-electron chi connectivity index (χ2n) is 6.92. The summed E-state index contributed by atoms with van der Waals surface area (Å²) in [6, 6.07) is 19.2. The van der Waals surface area contributed by atoms with Crippen molar-refractivity contribution >= 4 is 28.5 Å². The van der Waals surface area contributed by atoms with Gasteiger partial charge in [0.25, 0.3) is 5.91 Å². The maximum atomic E-state index is 12.8. The van der Waals surface area contributed by atoms with Crippen molar-refractivity contribution in [3.05, 3.63) is 83.0 Å². The zero-order chi connectivity index (χ0) is 20.4. The highest BCUT2D eigenvalue weighted by atomic mass is 35.5. The van der Waals surface area contributed by atoms with Crippen molar-refractivity contribution < 1.29 is 4.79 Å². The van der Waals surface area contributed by atoms with Gasteiger partial charge in [0, 0.05) is 24.7 Å². The molecular formula is C22H20ClN5O. The van der Waals surface area contributed by atoms with Crippen LogP contribution in [0, 0.1) is 0 Å². The molecule has 0 aliphatic heterocycles. The molecule has 4 rings (SSSR count). The van der Waals surface area contributed by atoms with Gasteiger partial charge in [-0.25, -0.2) is 14.7 Å². The number of fused-ring (bicyclic) bond motifs is 1. The zero-order valence-corrected chi connectivity index (χ0v) is 16.9. The normalized spacial score (nSPS) is 11.2. The number of pyridine rings is 1. The summed E-state index contributed by atoms with van der Waals surface area (Å²) in [5, 5.41) is 7.51. The number of aromatic nitrogens is 3. The van der Waals surface area contributed by atoms with E-state index in [1.807, 2.05) is 60.7 Å². The molecule has 0 radical (unpaired) electrons. The number of benzene rings is 2. The van der Waals surface area contributed by atoms with Crippen molar-refractivity contribution in [3.8, 4) is 11.3 Å². The second kappa shape index (κ2) is 8.03. The first-order chi connectivity index (χ1) is 14.0. The molecule has 2 heterocycles. The van der Waals surface area contributed by atoms with Crippen LogP contribution in [0.1, 0.15) is 15.9 Å². The SMILES string of the molecule is CN(C)NC(=O)c1cc(-c2ccccc2)nc2c1cnn2Cc1ccc(Cl)cc1. The van der Waals surface area contributed by atoms with Crippen LogP contribution in [-0.4, -0.2) is 39.8 Å². The Morgan fingerprint density at radius 3 is 2.52 bits per heavy atom. The lowest BCUT2D eigenvalue weighted by molar-refractivity contribution is 0.0858. The molecule has 29 heavy (non-hydrogen) atoms. The quantitative estimate of drug-likeness (QED) is 0.509. The summed E-state index contributed by atoms with van der Waals surface area (Å²) >= 11 is 5.99. The molecule has 2 aromatic carbocycles. The number of carbonyl (C=O) groups excluding carboxylic acids is 1. The minimum Gasteiger partial charge on any atom is -0.285 e. The van der Waals surface area contributed by atoms with Crippen LogP contribution in [0.15, 0.2) is 66.9 Å². The third-order valence-electron chi connectivity index (χ3n) is 4.49. The minimum absolute atomic E-state index is 0.203. The van der Waals surface area contributed by atoms with E-state index in [2.05, 4.69) is 10.5 Å². The molecule has 1 amide bonds. The third kappa shape index (κ3) is 4.13. The van der Waals surface area contributed by atoms with E-state index in [0.29, 0.717) is 28.2 Å². The van der Waals surface area contributed by atoms with Crippen LogP contribution in [0.2, 0.25) is 5.02 Å². The Hall–Kier alpha value is -3.22. The van der Waals surface area contributed by atoms with Crippen LogP contribution in [0.3, 0.4) is 0 Å². The Morgan fingerprint density at radius 1 is 1.10 bits per heavy atom. The van der Waals surface area contributed by atoms with Crippen LogP contribution in [-0.2, 0) is 6.54 Å². The predicted octanol–water partition coefficient (Wildman–Crippen LogP) is 4.01. The van der Waals surface area contributed by atoms with Gasteiger partial charge in [-0.15, -0.1) is 0 Å². The predicted molar refractivity (Wildman–Crippen MR) is 115 cm³/mol. The van der Waals surface area contributed by atoms with Gasteiger partial charge >= 0.3 is 0 Å². The second-order valence-corrected chi connectivity index (χ2v) is 7.36. The smallest absolute Gasteiger partial charge is 0.266 e. The van der Waals surface area contributed by atoms with E-state index in [0.717, 1.165) is 16.8 Å². The van der Waals surface area contributed by atoms with Crippen molar-refractivity contribution in [3.63, 3.8) is 0 Å². The van der Waals surface area contributed by atoms with Crippen molar-refractivity contribution in [1.82, 2.24) is 25.2 Å². The standard InChI is InChI=1S/C22H20ClN5O/c1-27(2)26-22(29)18-12-20(16-6-4-3-5-7-16)25-21-19(18)13-24-28(21)14-15-8-10-17(23)11-9-15/h3-13H,14H2,1-2H3,(H,26,29). The molecule has 0 spiro atoms. The lowest BCUT2D eigenvalue weighted by Gasteiger charge is -2.13. The van der Waals surface area contributed by atoms with Crippen LogP contribution in [0.4, 0.5) is 0 Å². The summed E-state index contributed by atoms with van der Waals surface area (Å²) in [6.45, 7) is 0.528. The highest BCUT2D eigenvalue weighted by Crippen LogP contribution is 2.25. The van der Waals surface area contributed by atoms with Crippen molar-refractivity contribution in [2.24, 2.45) is 0 Å². The van der Waals surface area contributed by atoms with E-state index < -0.39 is 0 Å². The maximum Gasteiger partial charge on any atom is 0.266 e. The summed E-state index contributed by atoms with van der Waals surface area (Å²) in [7, 11) is 3.55. The number of amides is 1. The number of nitrogens with one attached hydrogen (secondary N) is 1. The summed E-state index contributed by atoms with van der Waals surface area (Å²) in [5.74, 6) is -0.203. The fraction of sp³-hybridized carbons (Fsp3) is 0.136. The van der Waals surface area contributed by atoms with Crippen molar-refractivity contribution in [1.29, 1.82) is 0 Å². The number of nitrogens with zero attached hydrogens (tertiary/aromatic N) is 4. The van der Waals surface area contributed by atoms with E-state index in [-0.39, 0.29) is 5.91 Å². The number of hydrogen-bond donors (Lipinski definition) is 1. The molecule has 6 nitrogen and oxygen atoms in total. The average Bonchev–Trinajstić information content (AvgIpc) is 3.12.